The lowest BCUT2D eigenvalue weighted by atomic mass is 10.1. The predicted molar refractivity (Wildman–Crippen MR) is 160 cm³/mol. The number of amides is 1. The number of hydrogen-bond acceptors (Lipinski definition) is 7. The van der Waals surface area contributed by atoms with Crippen molar-refractivity contribution in [2.75, 3.05) is 44.7 Å². The van der Waals surface area contributed by atoms with Gasteiger partial charge in [-0.05, 0) is 73.5 Å². The molecule has 9 nitrogen and oxygen atoms in total. The number of hydrogen-bond donors (Lipinski definition) is 2. The molecule has 1 amide bonds. The zero-order valence-corrected chi connectivity index (χ0v) is 23.8. The van der Waals surface area contributed by atoms with Gasteiger partial charge in [0, 0.05) is 42.5 Å². The third-order valence-electron chi connectivity index (χ3n) is 6.91. The Hall–Kier alpha value is -4.18. The van der Waals surface area contributed by atoms with Gasteiger partial charge in [0.1, 0.15) is 5.75 Å². The van der Waals surface area contributed by atoms with E-state index in [1.54, 1.807) is 48.5 Å². The number of anilines is 2. The van der Waals surface area contributed by atoms with Crippen LogP contribution in [0.3, 0.4) is 0 Å². The Kier molecular flexibility index (Phi) is 8.98. The molecule has 0 spiro atoms. The molecule has 41 heavy (non-hydrogen) atoms. The number of nitrogens with zero attached hydrogens (tertiary/aromatic N) is 3. The van der Waals surface area contributed by atoms with Crippen molar-refractivity contribution >= 4 is 28.9 Å². The molecule has 1 aliphatic rings. The second-order valence-corrected chi connectivity index (χ2v) is 10.3. The van der Waals surface area contributed by atoms with E-state index in [0.717, 1.165) is 30.8 Å². The number of ether oxygens (including phenoxy) is 2. The van der Waals surface area contributed by atoms with Crippen molar-refractivity contribution in [3.8, 4) is 17.2 Å². The topological polar surface area (TPSA) is 97.7 Å². The van der Waals surface area contributed by atoms with Gasteiger partial charge >= 0.3 is 0 Å². The van der Waals surface area contributed by atoms with Gasteiger partial charge in [-0.1, -0.05) is 29.8 Å². The van der Waals surface area contributed by atoms with Gasteiger partial charge < -0.3 is 20.1 Å². The van der Waals surface area contributed by atoms with Gasteiger partial charge in [-0.15, -0.1) is 0 Å². The molecule has 0 bridgehead atoms. The van der Waals surface area contributed by atoms with Crippen molar-refractivity contribution in [1.29, 1.82) is 0 Å². The fourth-order valence-corrected chi connectivity index (χ4v) is 4.65. The van der Waals surface area contributed by atoms with Crippen LogP contribution in [0.1, 0.15) is 21.5 Å². The molecule has 1 aromatic heterocycles. The molecule has 0 aliphatic carbocycles. The van der Waals surface area contributed by atoms with Crippen molar-refractivity contribution < 1.29 is 14.3 Å². The van der Waals surface area contributed by atoms with Crippen molar-refractivity contribution in [1.82, 2.24) is 20.0 Å². The quantitative estimate of drug-likeness (QED) is 0.287. The molecule has 3 aromatic carbocycles. The van der Waals surface area contributed by atoms with Crippen molar-refractivity contribution in [3.05, 3.63) is 105 Å². The van der Waals surface area contributed by atoms with E-state index in [4.69, 9.17) is 21.1 Å². The van der Waals surface area contributed by atoms with Crippen LogP contribution in [0.15, 0.2) is 77.7 Å². The molecule has 2 heterocycles. The van der Waals surface area contributed by atoms with Crippen LogP contribution < -0.4 is 20.9 Å². The molecule has 2 N–H and O–H groups in total. The zero-order chi connectivity index (χ0) is 28.8. The number of halogens is 1. The Morgan fingerprint density at radius 1 is 1.02 bits per heavy atom. The molecule has 1 saturated heterocycles. The molecule has 212 valence electrons. The zero-order valence-electron chi connectivity index (χ0n) is 23.0. The number of aryl methyl sites for hydroxylation is 2. The third-order valence-corrected chi connectivity index (χ3v) is 7.15. The van der Waals surface area contributed by atoms with E-state index in [9.17, 15) is 9.59 Å². The standard InChI is InChI=1S/C31H32ClN5O4/c1-21-9-10-27(17-22(21)2)41-28-20-34-37(26-8-4-6-24(32)19-26)31(39)29(28)35-25-7-3-5-23(18-25)30(38)33-11-12-36-13-15-40-16-14-36/h3-10,17-20,35H,11-16H2,1-2H3,(H,33,38). The van der Waals surface area contributed by atoms with Crippen molar-refractivity contribution in [2.45, 2.75) is 13.8 Å². The highest BCUT2D eigenvalue weighted by molar-refractivity contribution is 6.30. The van der Waals surface area contributed by atoms with Gasteiger partial charge in [0.2, 0.25) is 0 Å². The number of morpholine rings is 1. The summed E-state index contributed by atoms with van der Waals surface area (Å²) < 4.78 is 12.8. The van der Waals surface area contributed by atoms with E-state index in [-0.39, 0.29) is 17.3 Å². The highest BCUT2D eigenvalue weighted by Crippen LogP contribution is 2.30. The third kappa shape index (κ3) is 7.13. The summed E-state index contributed by atoms with van der Waals surface area (Å²) in [5.74, 6) is 0.628. The summed E-state index contributed by atoms with van der Waals surface area (Å²) in [5, 5.41) is 11.0. The summed E-state index contributed by atoms with van der Waals surface area (Å²) in [7, 11) is 0. The first-order valence-electron chi connectivity index (χ1n) is 13.5. The lowest BCUT2D eigenvalue weighted by Gasteiger charge is -2.26. The maximum atomic E-state index is 13.7. The van der Waals surface area contributed by atoms with Crippen molar-refractivity contribution in [3.63, 3.8) is 0 Å². The Bertz CT molecular complexity index is 1600. The van der Waals surface area contributed by atoms with E-state index in [1.807, 2.05) is 32.0 Å². The first-order valence-corrected chi connectivity index (χ1v) is 13.8. The average Bonchev–Trinajstić information content (AvgIpc) is 2.97. The fourth-order valence-electron chi connectivity index (χ4n) is 4.46. The van der Waals surface area contributed by atoms with E-state index < -0.39 is 5.56 Å². The van der Waals surface area contributed by atoms with Crippen LogP contribution in [0.5, 0.6) is 11.5 Å². The Labute approximate surface area is 243 Å². The monoisotopic (exact) mass is 573 g/mol. The summed E-state index contributed by atoms with van der Waals surface area (Å²) in [6, 6.07) is 19.6. The van der Waals surface area contributed by atoms with Gasteiger partial charge in [0.25, 0.3) is 11.5 Å². The van der Waals surface area contributed by atoms with E-state index in [0.29, 0.717) is 47.5 Å². The summed E-state index contributed by atoms with van der Waals surface area (Å²) in [5.41, 5.74) is 3.46. The minimum absolute atomic E-state index is 0.170. The normalized spacial score (nSPS) is 13.5. The highest BCUT2D eigenvalue weighted by atomic mass is 35.5. The molecule has 5 rings (SSSR count). The molecular weight excluding hydrogens is 542 g/mol. The van der Waals surface area contributed by atoms with Crippen LogP contribution in [0, 0.1) is 13.8 Å². The van der Waals surface area contributed by atoms with Gasteiger partial charge in [-0.2, -0.15) is 9.78 Å². The minimum Gasteiger partial charge on any atom is -0.453 e. The van der Waals surface area contributed by atoms with Crippen LogP contribution in [0.25, 0.3) is 5.69 Å². The van der Waals surface area contributed by atoms with Gasteiger partial charge in [-0.25, -0.2) is 0 Å². The SMILES string of the molecule is Cc1ccc(Oc2cnn(-c3cccc(Cl)c3)c(=O)c2Nc2cccc(C(=O)NCCN3CCOCC3)c2)cc1C. The van der Waals surface area contributed by atoms with E-state index >= 15 is 0 Å². The second kappa shape index (κ2) is 13.0. The molecule has 0 atom stereocenters. The maximum Gasteiger partial charge on any atom is 0.299 e. The van der Waals surface area contributed by atoms with E-state index in [1.165, 1.54) is 10.9 Å². The van der Waals surface area contributed by atoms with Crippen LogP contribution in [0.2, 0.25) is 5.02 Å². The van der Waals surface area contributed by atoms with Crippen LogP contribution >= 0.6 is 11.6 Å². The first kappa shape index (κ1) is 28.4. The number of benzene rings is 3. The minimum atomic E-state index is -0.436. The molecule has 10 heteroatoms. The number of nitrogens with one attached hydrogen (secondary N) is 2. The van der Waals surface area contributed by atoms with Gasteiger partial charge in [0.15, 0.2) is 11.4 Å². The smallest absolute Gasteiger partial charge is 0.299 e. The van der Waals surface area contributed by atoms with Crippen LogP contribution in [-0.4, -0.2) is 60.0 Å². The summed E-state index contributed by atoms with van der Waals surface area (Å²) in [6.45, 7) is 8.45. The molecule has 0 unspecified atom stereocenters. The molecule has 1 aliphatic heterocycles. The van der Waals surface area contributed by atoms with Crippen molar-refractivity contribution in [2.24, 2.45) is 0 Å². The second-order valence-electron chi connectivity index (χ2n) is 9.84. The Balaban J connectivity index is 1.41. The highest BCUT2D eigenvalue weighted by Gasteiger charge is 2.17. The van der Waals surface area contributed by atoms with Gasteiger partial charge in [0.05, 0.1) is 25.1 Å². The number of aromatic nitrogens is 2. The lowest BCUT2D eigenvalue weighted by Crippen LogP contribution is -2.41. The van der Waals surface area contributed by atoms with E-state index in [2.05, 4.69) is 20.6 Å². The largest absolute Gasteiger partial charge is 0.453 e. The molecule has 0 radical (unpaired) electrons. The molecule has 1 fully saturated rings. The molecule has 0 saturated carbocycles. The maximum absolute atomic E-state index is 13.7. The fraction of sp³-hybridized carbons (Fsp3) is 0.258. The summed E-state index contributed by atoms with van der Waals surface area (Å²) in [6.07, 6.45) is 1.49. The Morgan fingerprint density at radius 2 is 1.83 bits per heavy atom. The molecular formula is C31H32ClN5O4. The van der Waals surface area contributed by atoms with Crippen LogP contribution in [0.4, 0.5) is 11.4 Å². The lowest BCUT2D eigenvalue weighted by molar-refractivity contribution is 0.0383. The predicted octanol–water partition coefficient (Wildman–Crippen LogP) is 5.10. The first-order chi connectivity index (χ1) is 19.9. The number of rotatable bonds is 9. The van der Waals surface area contributed by atoms with Crippen LogP contribution in [-0.2, 0) is 4.74 Å². The summed E-state index contributed by atoms with van der Waals surface area (Å²) in [4.78, 5) is 28.9. The number of carbonyl (C=O) groups excluding carboxylic acids is 1. The van der Waals surface area contributed by atoms with Gasteiger partial charge in [-0.3, -0.25) is 14.5 Å². The molecule has 4 aromatic rings. The number of carbonyl (C=O) groups is 1. The average molecular weight is 574 g/mol. The Morgan fingerprint density at radius 3 is 2.61 bits per heavy atom. The summed E-state index contributed by atoms with van der Waals surface area (Å²) >= 11 is 6.18.